The van der Waals surface area contributed by atoms with E-state index in [4.69, 9.17) is 25.8 Å². The molecule has 1 fully saturated rings. The van der Waals surface area contributed by atoms with E-state index in [-0.39, 0.29) is 12.4 Å². The number of hydrogen-bond acceptors (Lipinski definition) is 8. The summed E-state index contributed by atoms with van der Waals surface area (Å²) in [4.78, 5) is 0. The second-order valence-electron chi connectivity index (χ2n) is 7.77. The van der Waals surface area contributed by atoms with Gasteiger partial charge in [-0.1, -0.05) is 23.7 Å². The van der Waals surface area contributed by atoms with E-state index in [2.05, 4.69) is 0 Å². The Balaban J connectivity index is 1.90. The van der Waals surface area contributed by atoms with Gasteiger partial charge in [-0.15, -0.1) is 0 Å². The number of halogens is 1. The Kier molecular flexibility index (Phi) is 8.35. The minimum Gasteiger partial charge on any atom is -0.494 e. The Bertz CT molecular complexity index is 888. The van der Waals surface area contributed by atoms with Crippen LogP contribution in [0.4, 0.5) is 0 Å². The van der Waals surface area contributed by atoms with E-state index in [1.165, 1.54) is 6.92 Å². The standard InChI is InChI=1S/C23H29ClO8/c1-3-30-15-6-4-13(5-7-15)8-16-17(24)9-14(11-25)10-18(16)31-23-21(29)19(27)20(28)22(32-23)12(2)26/h4-7,9-10,12,19-23,25-29H,3,8,11H2,1-2H3/t12-,19-,20-,21+,22+,23+/m0/s1. The lowest BCUT2D eigenvalue weighted by Crippen LogP contribution is -2.61. The first-order valence-corrected chi connectivity index (χ1v) is 10.8. The van der Waals surface area contributed by atoms with Crippen LogP contribution in [0, 0.1) is 0 Å². The zero-order chi connectivity index (χ0) is 23.4. The molecule has 1 aliphatic rings. The van der Waals surface area contributed by atoms with Crippen LogP contribution >= 0.6 is 11.6 Å². The van der Waals surface area contributed by atoms with Gasteiger partial charge in [0, 0.05) is 17.0 Å². The van der Waals surface area contributed by atoms with E-state index in [0.717, 1.165) is 11.3 Å². The van der Waals surface area contributed by atoms with Crippen molar-refractivity contribution in [2.45, 2.75) is 63.7 Å². The monoisotopic (exact) mass is 468 g/mol. The highest BCUT2D eigenvalue weighted by molar-refractivity contribution is 6.31. The average Bonchev–Trinajstić information content (AvgIpc) is 2.77. The van der Waals surface area contributed by atoms with E-state index in [0.29, 0.717) is 29.2 Å². The second-order valence-corrected chi connectivity index (χ2v) is 8.17. The molecule has 6 atom stereocenters. The Labute approximate surface area is 191 Å². The van der Waals surface area contributed by atoms with Crippen molar-refractivity contribution in [3.8, 4) is 11.5 Å². The molecule has 0 amide bonds. The first-order valence-electron chi connectivity index (χ1n) is 10.4. The zero-order valence-corrected chi connectivity index (χ0v) is 18.6. The second kappa shape index (κ2) is 10.8. The number of rotatable bonds is 8. The van der Waals surface area contributed by atoms with Crippen molar-refractivity contribution in [1.82, 2.24) is 0 Å². The molecule has 3 rings (SSSR count). The predicted molar refractivity (Wildman–Crippen MR) is 117 cm³/mol. The molecular formula is C23H29ClO8. The maximum atomic E-state index is 10.4. The molecular weight excluding hydrogens is 440 g/mol. The van der Waals surface area contributed by atoms with Crippen molar-refractivity contribution in [2.24, 2.45) is 0 Å². The summed E-state index contributed by atoms with van der Waals surface area (Å²) >= 11 is 6.48. The third kappa shape index (κ3) is 5.52. The summed E-state index contributed by atoms with van der Waals surface area (Å²) in [5.74, 6) is 0.984. The van der Waals surface area contributed by atoms with Gasteiger partial charge in [-0.2, -0.15) is 0 Å². The SMILES string of the molecule is CCOc1ccc(Cc2c(Cl)cc(CO)cc2O[C@@H]2O[C@H]([C@H](C)O)[C@@H](O)[C@H](O)[C@H]2O)cc1. The average molecular weight is 469 g/mol. The van der Waals surface area contributed by atoms with E-state index in [1.54, 1.807) is 12.1 Å². The Hall–Kier alpha value is -1.91. The van der Waals surface area contributed by atoms with Crippen molar-refractivity contribution in [2.75, 3.05) is 6.61 Å². The van der Waals surface area contributed by atoms with Crippen molar-refractivity contribution >= 4 is 11.6 Å². The van der Waals surface area contributed by atoms with Crippen LogP contribution < -0.4 is 9.47 Å². The van der Waals surface area contributed by atoms with E-state index in [1.807, 2.05) is 31.2 Å². The lowest BCUT2D eigenvalue weighted by molar-refractivity contribution is -0.286. The molecule has 0 unspecified atom stereocenters. The van der Waals surface area contributed by atoms with Crippen LogP contribution in [0.15, 0.2) is 36.4 Å². The van der Waals surface area contributed by atoms with Gasteiger partial charge >= 0.3 is 0 Å². The zero-order valence-electron chi connectivity index (χ0n) is 17.9. The molecule has 32 heavy (non-hydrogen) atoms. The summed E-state index contributed by atoms with van der Waals surface area (Å²) in [6.45, 7) is 3.57. The molecule has 2 aromatic carbocycles. The van der Waals surface area contributed by atoms with Crippen molar-refractivity contribution in [1.29, 1.82) is 0 Å². The number of aliphatic hydroxyl groups is 5. The van der Waals surface area contributed by atoms with Crippen molar-refractivity contribution < 1.29 is 39.7 Å². The van der Waals surface area contributed by atoms with Crippen LogP contribution in [0.1, 0.15) is 30.5 Å². The van der Waals surface area contributed by atoms with E-state index >= 15 is 0 Å². The molecule has 0 aliphatic carbocycles. The number of hydrogen-bond donors (Lipinski definition) is 5. The fraction of sp³-hybridized carbons (Fsp3) is 0.478. The summed E-state index contributed by atoms with van der Waals surface area (Å²) in [5, 5.41) is 50.5. The molecule has 2 aromatic rings. The van der Waals surface area contributed by atoms with Gasteiger partial charge in [0.1, 0.15) is 35.9 Å². The first-order chi connectivity index (χ1) is 15.2. The molecule has 0 aromatic heterocycles. The third-order valence-corrected chi connectivity index (χ3v) is 5.67. The summed E-state index contributed by atoms with van der Waals surface area (Å²) in [7, 11) is 0. The Morgan fingerprint density at radius 1 is 1.03 bits per heavy atom. The molecule has 5 N–H and O–H groups in total. The van der Waals surface area contributed by atoms with Crippen LogP contribution in [0.25, 0.3) is 0 Å². The smallest absolute Gasteiger partial charge is 0.229 e. The van der Waals surface area contributed by atoms with Crippen LogP contribution in [0.5, 0.6) is 11.5 Å². The van der Waals surface area contributed by atoms with Gasteiger partial charge in [0.2, 0.25) is 6.29 Å². The number of aliphatic hydroxyl groups excluding tert-OH is 5. The summed E-state index contributed by atoms with van der Waals surface area (Å²) in [6.07, 6.45) is -7.93. The Morgan fingerprint density at radius 3 is 2.31 bits per heavy atom. The lowest BCUT2D eigenvalue weighted by Gasteiger charge is -2.41. The molecule has 1 aliphatic heterocycles. The topological polar surface area (TPSA) is 129 Å². The van der Waals surface area contributed by atoms with Gasteiger partial charge in [-0.25, -0.2) is 0 Å². The maximum Gasteiger partial charge on any atom is 0.229 e. The van der Waals surface area contributed by atoms with Crippen LogP contribution in [0.2, 0.25) is 5.02 Å². The fourth-order valence-electron chi connectivity index (χ4n) is 3.60. The summed E-state index contributed by atoms with van der Waals surface area (Å²) < 4.78 is 16.9. The van der Waals surface area contributed by atoms with Crippen LogP contribution in [-0.4, -0.2) is 68.9 Å². The van der Waals surface area contributed by atoms with Crippen LogP contribution in [-0.2, 0) is 17.8 Å². The van der Waals surface area contributed by atoms with Gasteiger partial charge in [-0.05, 0) is 49.2 Å². The first kappa shape index (κ1) is 24.7. The van der Waals surface area contributed by atoms with Gasteiger partial charge in [0.05, 0.1) is 19.3 Å². The van der Waals surface area contributed by atoms with Crippen molar-refractivity contribution in [3.05, 3.63) is 58.1 Å². The number of ether oxygens (including phenoxy) is 3. The highest BCUT2D eigenvalue weighted by Crippen LogP contribution is 2.34. The predicted octanol–water partition coefficient (Wildman–Crippen LogP) is 1.39. The molecule has 1 heterocycles. The highest BCUT2D eigenvalue weighted by atomic mass is 35.5. The minimum absolute atomic E-state index is 0.243. The molecule has 1 saturated heterocycles. The van der Waals surface area contributed by atoms with E-state index in [9.17, 15) is 25.5 Å². The maximum absolute atomic E-state index is 10.4. The van der Waals surface area contributed by atoms with Gasteiger partial charge in [-0.3, -0.25) is 0 Å². The van der Waals surface area contributed by atoms with E-state index < -0.39 is 36.8 Å². The molecule has 0 bridgehead atoms. The third-order valence-electron chi connectivity index (χ3n) is 5.34. The van der Waals surface area contributed by atoms with Gasteiger partial charge in [0.15, 0.2) is 0 Å². The highest BCUT2D eigenvalue weighted by Gasteiger charge is 2.46. The summed E-state index contributed by atoms with van der Waals surface area (Å²) in [5.41, 5.74) is 1.98. The lowest BCUT2D eigenvalue weighted by atomic mass is 9.96. The molecule has 0 radical (unpaired) electrons. The molecule has 8 nitrogen and oxygen atoms in total. The quantitative estimate of drug-likeness (QED) is 0.393. The fourth-order valence-corrected chi connectivity index (χ4v) is 3.90. The van der Waals surface area contributed by atoms with Crippen LogP contribution in [0.3, 0.4) is 0 Å². The largest absolute Gasteiger partial charge is 0.494 e. The van der Waals surface area contributed by atoms with Gasteiger partial charge in [0.25, 0.3) is 0 Å². The normalized spacial score (nSPS) is 26.6. The number of benzene rings is 2. The van der Waals surface area contributed by atoms with Gasteiger partial charge < -0.3 is 39.7 Å². The molecule has 0 spiro atoms. The molecule has 9 heteroatoms. The molecule has 176 valence electrons. The Morgan fingerprint density at radius 2 is 1.72 bits per heavy atom. The minimum atomic E-state index is -1.58. The summed E-state index contributed by atoms with van der Waals surface area (Å²) in [6, 6.07) is 10.7. The van der Waals surface area contributed by atoms with Crippen molar-refractivity contribution in [3.63, 3.8) is 0 Å². The molecule has 0 saturated carbocycles.